The second-order valence-corrected chi connectivity index (χ2v) is 5.46. The molecule has 0 fully saturated rings. The summed E-state index contributed by atoms with van der Waals surface area (Å²) in [5.41, 5.74) is 9.44. The van der Waals surface area contributed by atoms with Crippen LogP contribution in [0.2, 0.25) is 0 Å². The quantitative estimate of drug-likeness (QED) is 0.303. The number of nitrogens with zero attached hydrogens (tertiary/aromatic N) is 3. The van der Waals surface area contributed by atoms with Gasteiger partial charge < -0.3 is 0 Å². The maximum atomic E-state index is 11.5. The van der Waals surface area contributed by atoms with Gasteiger partial charge in [0.1, 0.15) is 4.90 Å². The van der Waals surface area contributed by atoms with E-state index in [4.69, 9.17) is 5.53 Å². The summed E-state index contributed by atoms with van der Waals surface area (Å²) in [6.07, 6.45) is 3.23. The third-order valence-electron chi connectivity index (χ3n) is 2.69. The fraction of sp³-hybridized carbons (Fsp3) is 0. The average Bonchev–Trinajstić information content (AvgIpc) is 2.45. The molecular weight excluding hydrogens is 290 g/mol. The lowest BCUT2D eigenvalue weighted by Gasteiger charge is -2.06. The average molecular weight is 301 g/mol. The molecule has 21 heavy (non-hydrogen) atoms. The summed E-state index contributed by atoms with van der Waals surface area (Å²) in [6, 6.07) is 13.6. The van der Waals surface area contributed by atoms with Crippen LogP contribution < -0.4 is 0 Å². The number of benzene rings is 2. The van der Waals surface area contributed by atoms with Gasteiger partial charge in [-0.1, -0.05) is 65.8 Å². The smallest absolute Gasteiger partial charge is 0.282 e. The van der Waals surface area contributed by atoms with Crippen LogP contribution in [0.15, 0.2) is 58.5 Å². The van der Waals surface area contributed by atoms with Crippen molar-refractivity contribution in [2.45, 2.75) is 4.90 Å². The summed E-state index contributed by atoms with van der Waals surface area (Å²) in [6.45, 7) is 0. The van der Waals surface area contributed by atoms with Gasteiger partial charge >= 0.3 is 0 Å². The van der Waals surface area contributed by atoms with E-state index in [0.717, 1.165) is 5.56 Å². The Morgan fingerprint density at radius 3 is 2.38 bits per heavy atom. The molecule has 2 aromatic rings. The second-order valence-electron chi connectivity index (χ2n) is 4.10. The van der Waals surface area contributed by atoms with E-state index in [1.165, 1.54) is 18.2 Å². The molecule has 0 saturated carbocycles. The molecule has 0 aromatic heterocycles. The van der Waals surface area contributed by atoms with Gasteiger partial charge in [0.2, 0.25) is 0 Å². The molecule has 0 aliphatic heterocycles. The van der Waals surface area contributed by atoms with Crippen molar-refractivity contribution in [1.29, 1.82) is 0 Å². The highest BCUT2D eigenvalue weighted by Gasteiger charge is 2.18. The Labute approximate surface area is 121 Å². The van der Waals surface area contributed by atoms with E-state index >= 15 is 0 Å². The molecule has 0 aliphatic carbocycles. The molecule has 2 aromatic carbocycles. The number of hydrogen-bond acceptors (Lipinski definition) is 3. The van der Waals surface area contributed by atoms with E-state index in [-0.39, 0.29) is 11.3 Å². The minimum absolute atomic E-state index is 0.143. The molecular formula is C14H11N3O3S. The lowest BCUT2D eigenvalue weighted by atomic mass is 10.1. The number of azide groups is 1. The largest absolute Gasteiger partial charge is 0.295 e. The summed E-state index contributed by atoms with van der Waals surface area (Å²) in [4.78, 5) is 2.16. The highest BCUT2D eigenvalue weighted by molar-refractivity contribution is 7.86. The SMILES string of the molecule is [N-]=[N+]=Nc1cccc(C=Cc2ccccc2)c1S(=O)(=O)O. The lowest BCUT2D eigenvalue weighted by Crippen LogP contribution is -2.01. The minimum atomic E-state index is -4.51. The topological polar surface area (TPSA) is 103 Å². The van der Waals surface area contributed by atoms with Crippen LogP contribution in [0.4, 0.5) is 5.69 Å². The molecule has 0 aliphatic rings. The maximum Gasteiger partial charge on any atom is 0.295 e. The molecule has 0 amide bonds. The van der Waals surface area contributed by atoms with Crippen LogP contribution >= 0.6 is 0 Å². The minimum Gasteiger partial charge on any atom is -0.282 e. The Kier molecular flexibility index (Phi) is 4.39. The molecule has 0 saturated heterocycles. The van der Waals surface area contributed by atoms with E-state index in [0.29, 0.717) is 0 Å². The van der Waals surface area contributed by atoms with Gasteiger partial charge in [0.25, 0.3) is 10.1 Å². The van der Waals surface area contributed by atoms with Crippen LogP contribution in [0.25, 0.3) is 22.6 Å². The first-order valence-corrected chi connectivity index (χ1v) is 7.35. The summed E-state index contributed by atoms with van der Waals surface area (Å²) in [5.74, 6) is 0. The van der Waals surface area contributed by atoms with Crippen LogP contribution in [0.3, 0.4) is 0 Å². The van der Waals surface area contributed by atoms with Gasteiger partial charge in [0.15, 0.2) is 0 Å². The second kappa shape index (κ2) is 6.23. The van der Waals surface area contributed by atoms with Gasteiger partial charge in [-0.05, 0) is 16.7 Å². The molecule has 1 N–H and O–H groups in total. The lowest BCUT2D eigenvalue weighted by molar-refractivity contribution is 0.483. The predicted octanol–water partition coefficient (Wildman–Crippen LogP) is 4.05. The highest BCUT2D eigenvalue weighted by atomic mass is 32.2. The molecule has 6 nitrogen and oxygen atoms in total. The molecule has 0 unspecified atom stereocenters. The third-order valence-corrected chi connectivity index (χ3v) is 3.65. The van der Waals surface area contributed by atoms with E-state index in [9.17, 15) is 13.0 Å². The molecule has 0 bridgehead atoms. The van der Waals surface area contributed by atoms with Crippen molar-refractivity contribution in [3.05, 3.63) is 70.1 Å². The van der Waals surface area contributed by atoms with Gasteiger partial charge in [-0.15, -0.1) is 0 Å². The Bertz CT molecular complexity index is 824. The van der Waals surface area contributed by atoms with Crippen molar-refractivity contribution in [1.82, 2.24) is 0 Å². The van der Waals surface area contributed by atoms with Gasteiger partial charge in [0.05, 0.1) is 5.69 Å². The monoisotopic (exact) mass is 301 g/mol. The Hall–Kier alpha value is -2.60. The zero-order valence-corrected chi connectivity index (χ0v) is 11.6. The van der Waals surface area contributed by atoms with E-state index in [1.54, 1.807) is 12.1 Å². The van der Waals surface area contributed by atoms with Crippen LogP contribution in [0.1, 0.15) is 11.1 Å². The molecule has 2 rings (SSSR count). The fourth-order valence-electron chi connectivity index (χ4n) is 1.83. The Morgan fingerprint density at radius 1 is 1.05 bits per heavy atom. The van der Waals surface area contributed by atoms with E-state index in [2.05, 4.69) is 10.0 Å². The number of hydrogen-bond donors (Lipinski definition) is 1. The van der Waals surface area contributed by atoms with Crippen molar-refractivity contribution < 1.29 is 13.0 Å². The molecule has 7 heteroatoms. The molecule has 106 valence electrons. The van der Waals surface area contributed by atoms with Gasteiger partial charge in [-0.25, -0.2) is 0 Å². The Balaban J connectivity index is 2.57. The van der Waals surface area contributed by atoms with Crippen LogP contribution in [0, 0.1) is 0 Å². The predicted molar refractivity (Wildman–Crippen MR) is 80.4 cm³/mol. The first-order chi connectivity index (χ1) is 10.0. The van der Waals surface area contributed by atoms with Crippen LogP contribution in [-0.2, 0) is 10.1 Å². The van der Waals surface area contributed by atoms with E-state index in [1.807, 2.05) is 30.3 Å². The van der Waals surface area contributed by atoms with Crippen molar-refractivity contribution >= 4 is 28.0 Å². The highest BCUT2D eigenvalue weighted by Crippen LogP contribution is 2.29. The zero-order valence-electron chi connectivity index (χ0n) is 10.8. The molecule has 0 radical (unpaired) electrons. The molecule has 0 heterocycles. The summed E-state index contributed by atoms with van der Waals surface area (Å²) in [5, 5.41) is 3.30. The summed E-state index contributed by atoms with van der Waals surface area (Å²) < 4.78 is 32.3. The van der Waals surface area contributed by atoms with E-state index < -0.39 is 15.0 Å². The fourth-order valence-corrected chi connectivity index (χ4v) is 2.64. The third kappa shape index (κ3) is 3.70. The molecule has 0 atom stereocenters. The normalized spacial score (nSPS) is 11.3. The summed E-state index contributed by atoms with van der Waals surface area (Å²) >= 11 is 0. The molecule has 0 spiro atoms. The van der Waals surface area contributed by atoms with Crippen LogP contribution in [0.5, 0.6) is 0 Å². The van der Waals surface area contributed by atoms with Gasteiger partial charge in [0, 0.05) is 4.91 Å². The maximum absolute atomic E-state index is 11.5. The van der Waals surface area contributed by atoms with Crippen molar-refractivity contribution in [2.24, 2.45) is 5.11 Å². The van der Waals surface area contributed by atoms with Crippen molar-refractivity contribution in [3.63, 3.8) is 0 Å². The summed E-state index contributed by atoms with van der Waals surface area (Å²) in [7, 11) is -4.51. The first-order valence-electron chi connectivity index (χ1n) is 5.91. The van der Waals surface area contributed by atoms with Crippen molar-refractivity contribution in [3.8, 4) is 0 Å². The zero-order chi connectivity index (χ0) is 15.3. The standard InChI is InChI=1S/C14H11N3O3S/c15-17-16-13-8-4-7-12(14(13)21(18,19)20)10-9-11-5-2-1-3-6-11/h1-10H,(H,18,19,20). The number of rotatable bonds is 4. The first kappa shape index (κ1) is 14.8. The van der Waals surface area contributed by atoms with Gasteiger partial charge in [-0.3, -0.25) is 4.55 Å². The van der Waals surface area contributed by atoms with Crippen LogP contribution in [-0.4, -0.2) is 13.0 Å². The van der Waals surface area contributed by atoms with Gasteiger partial charge in [-0.2, -0.15) is 8.42 Å². The Morgan fingerprint density at radius 2 is 1.76 bits per heavy atom. The van der Waals surface area contributed by atoms with Crippen molar-refractivity contribution in [2.75, 3.05) is 0 Å².